The number of halogens is 1. The minimum atomic E-state index is -0.325. The Morgan fingerprint density at radius 3 is 2.86 bits per heavy atom. The second-order valence-electron chi connectivity index (χ2n) is 2.41. The molecule has 0 aliphatic rings. The average Bonchev–Trinajstić information content (AvgIpc) is 2.20. The third-order valence-corrected chi connectivity index (χ3v) is 1.97. The molecule has 1 rings (SSSR count). The van der Waals surface area contributed by atoms with Crippen molar-refractivity contribution in [2.24, 2.45) is 15.9 Å². The van der Waals surface area contributed by atoms with E-state index in [1.807, 2.05) is 0 Å². The van der Waals surface area contributed by atoms with Crippen LogP contribution in [0.1, 0.15) is 5.56 Å². The topological polar surface area (TPSA) is 50.7 Å². The molecule has 1 aromatic rings. The summed E-state index contributed by atoms with van der Waals surface area (Å²) in [4.78, 5) is 0. The Morgan fingerprint density at radius 1 is 1.50 bits per heavy atom. The number of hydrogen-bond donors (Lipinski definition) is 1. The van der Waals surface area contributed by atoms with Crippen LogP contribution in [-0.2, 0) is 0 Å². The van der Waals surface area contributed by atoms with Gasteiger partial charge >= 0.3 is 0 Å². The fraction of sp³-hybridized carbons (Fsp3) is 0.111. The Balaban J connectivity index is 2.74. The van der Waals surface area contributed by atoms with Gasteiger partial charge in [0.2, 0.25) is 0 Å². The maximum atomic E-state index is 13.0. The highest BCUT2D eigenvalue weighted by Crippen LogP contribution is 2.03. The van der Waals surface area contributed by atoms with Gasteiger partial charge in [0.25, 0.3) is 0 Å². The van der Waals surface area contributed by atoms with Crippen molar-refractivity contribution >= 4 is 23.1 Å². The SMILES string of the molecule is CSC(N)=NN=Cc1ccccc1F. The Bertz CT molecular complexity index is 363. The van der Waals surface area contributed by atoms with Gasteiger partial charge in [-0.3, -0.25) is 0 Å². The molecule has 0 aliphatic carbocycles. The number of nitrogens with two attached hydrogens (primary N) is 1. The maximum absolute atomic E-state index is 13.0. The van der Waals surface area contributed by atoms with Gasteiger partial charge in [-0.2, -0.15) is 5.10 Å². The lowest BCUT2D eigenvalue weighted by atomic mass is 10.2. The summed E-state index contributed by atoms with van der Waals surface area (Å²) < 4.78 is 13.0. The largest absolute Gasteiger partial charge is 0.377 e. The number of thioether (sulfide) groups is 1. The molecule has 0 saturated heterocycles. The zero-order valence-electron chi connectivity index (χ0n) is 7.64. The summed E-state index contributed by atoms with van der Waals surface area (Å²) in [5.41, 5.74) is 5.77. The highest BCUT2D eigenvalue weighted by atomic mass is 32.2. The van der Waals surface area contributed by atoms with Crippen molar-refractivity contribution in [2.45, 2.75) is 0 Å². The van der Waals surface area contributed by atoms with Crippen LogP contribution in [0.2, 0.25) is 0 Å². The normalized spacial score (nSPS) is 12.3. The molecule has 0 heterocycles. The van der Waals surface area contributed by atoms with E-state index in [2.05, 4.69) is 10.2 Å². The molecule has 0 radical (unpaired) electrons. The van der Waals surface area contributed by atoms with E-state index in [1.165, 1.54) is 24.0 Å². The number of hydrogen-bond acceptors (Lipinski definition) is 3. The summed E-state index contributed by atoms with van der Waals surface area (Å²) in [6, 6.07) is 6.32. The summed E-state index contributed by atoms with van der Waals surface area (Å²) in [6.45, 7) is 0. The minimum Gasteiger partial charge on any atom is -0.377 e. The number of benzene rings is 1. The highest BCUT2D eigenvalue weighted by molar-refractivity contribution is 8.13. The van der Waals surface area contributed by atoms with Crippen molar-refractivity contribution in [3.63, 3.8) is 0 Å². The molecule has 14 heavy (non-hydrogen) atoms. The molecule has 0 unspecified atom stereocenters. The van der Waals surface area contributed by atoms with Crippen LogP contribution in [0.5, 0.6) is 0 Å². The predicted molar refractivity (Wildman–Crippen MR) is 59.1 cm³/mol. The third-order valence-electron chi connectivity index (χ3n) is 1.47. The smallest absolute Gasteiger partial charge is 0.180 e. The van der Waals surface area contributed by atoms with Gasteiger partial charge in [-0.15, -0.1) is 5.10 Å². The fourth-order valence-electron chi connectivity index (χ4n) is 0.769. The molecule has 0 amide bonds. The predicted octanol–water partition coefficient (Wildman–Crippen LogP) is 1.84. The molecule has 2 N–H and O–H groups in total. The molecule has 1 aromatic carbocycles. The van der Waals surface area contributed by atoms with E-state index < -0.39 is 0 Å². The zero-order chi connectivity index (χ0) is 10.4. The van der Waals surface area contributed by atoms with Gasteiger partial charge in [-0.05, 0) is 12.3 Å². The summed E-state index contributed by atoms with van der Waals surface area (Å²) in [5.74, 6) is -0.325. The maximum Gasteiger partial charge on any atom is 0.180 e. The molecule has 0 atom stereocenters. The van der Waals surface area contributed by atoms with Crippen LogP contribution < -0.4 is 5.73 Å². The van der Waals surface area contributed by atoms with Gasteiger partial charge in [-0.1, -0.05) is 30.0 Å². The molecular weight excluding hydrogens is 201 g/mol. The van der Waals surface area contributed by atoms with E-state index in [-0.39, 0.29) is 5.82 Å². The quantitative estimate of drug-likeness (QED) is 0.461. The summed E-state index contributed by atoms with van der Waals surface area (Å²) >= 11 is 1.28. The zero-order valence-corrected chi connectivity index (χ0v) is 8.46. The van der Waals surface area contributed by atoms with Gasteiger partial charge in [0.05, 0.1) is 6.21 Å². The molecule has 0 spiro atoms. The summed E-state index contributed by atoms with van der Waals surface area (Å²) in [5, 5.41) is 7.63. The first-order valence-electron chi connectivity index (χ1n) is 3.89. The molecule has 0 aliphatic heterocycles. The molecular formula is C9H10FN3S. The lowest BCUT2D eigenvalue weighted by Gasteiger charge is -1.92. The van der Waals surface area contributed by atoms with Gasteiger partial charge in [0, 0.05) is 5.56 Å². The standard InChI is InChI=1S/C9H10FN3S/c1-14-9(11)13-12-6-7-4-2-3-5-8(7)10/h2-6H,1H3,(H2,11,13). The Morgan fingerprint density at radius 2 is 2.21 bits per heavy atom. The van der Waals surface area contributed by atoms with E-state index >= 15 is 0 Å². The first-order valence-corrected chi connectivity index (χ1v) is 5.11. The number of nitrogens with zero attached hydrogens (tertiary/aromatic N) is 2. The Kier molecular flexibility index (Phi) is 4.12. The lowest BCUT2D eigenvalue weighted by Crippen LogP contribution is -2.04. The number of amidine groups is 1. The van der Waals surface area contributed by atoms with Crippen molar-refractivity contribution in [3.8, 4) is 0 Å². The molecule has 3 nitrogen and oxygen atoms in total. The Labute approximate surface area is 85.9 Å². The van der Waals surface area contributed by atoms with E-state index in [4.69, 9.17) is 5.73 Å². The van der Waals surface area contributed by atoms with E-state index in [0.29, 0.717) is 10.7 Å². The Hall–Kier alpha value is -1.36. The summed E-state index contributed by atoms with van der Waals surface area (Å²) in [7, 11) is 0. The van der Waals surface area contributed by atoms with Gasteiger partial charge < -0.3 is 5.73 Å². The van der Waals surface area contributed by atoms with Crippen molar-refractivity contribution < 1.29 is 4.39 Å². The average molecular weight is 211 g/mol. The second kappa shape index (κ2) is 5.39. The van der Waals surface area contributed by atoms with Crippen LogP contribution in [0.15, 0.2) is 34.5 Å². The van der Waals surface area contributed by atoms with E-state index in [0.717, 1.165) is 0 Å². The van der Waals surface area contributed by atoms with Crippen LogP contribution >= 0.6 is 11.8 Å². The molecule has 5 heteroatoms. The van der Waals surface area contributed by atoms with Crippen LogP contribution in [0.3, 0.4) is 0 Å². The van der Waals surface area contributed by atoms with Gasteiger partial charge in [-0.25, -0.2) is 4.39 Å². The molecule has 0 fully saturated rings. The van der Waals surface area contributed by atoms with Crippen LogP contribution in [0.25, 0.3) is 0 Å². The second-order valence-corrected chi connectivity index (χ2v) is 3.23. The van der Waals surface area contributed by atoms with Crippen molar-refractivity contribution in [1.29, 1.82) is 0 Å². The fourth-order valence-corrected chi connectivity index (χ4v) is 0.897. The third kappa shape index (κ3) is 3.18. The van der Waals surface area contributed by atoms with Gasteiger partial charge in [0.1, 0.15) is 5.82 Å². The van der Waals surface area contributed by atoms with Crippen molar-refractivity contribution in [1.82, 2.24) is 0 Å². The van der Waals surface area contributed by atoms with E-state index in [9.17, 15) is 4.39 Å². The first-order chi connectivity index (χ1) is 6.74. The van der Waals surface area contributed by atoms with E-state index in [1.54, 1.807) is 24.5 Å². The van der Waals surface area contributed by atoms with Gasteiger partial charge in [0.15, 0.2) is 5.17 Å². The lowest BCUT2D eigenvalue weighted by molar-refractivity contribution is 0.626. The molecule has 0 aromatic heterocycles. The molecule has 0 bridgehead atoms. The van der Waals surface area contributed by atoms with Crippen molar-refractivity contribution in [2.75, 3.05) is 6.26 Å². The molecule has 74 valence electrons. The van der Waals surface area contributed by atoms with Crippen molar-refractivity contribution in [3.05, 3.63) is 35.6 Å². The minimum absolute atomic E-state index is 0.325. The van der Waals surface area contributed by atoms with Crippen LogP contribution in [0, 0.1) is 5.82 Å². The van der Waals surface area contributed by atoms with Crippen LogP contribution in [0.4, 0.5) is 4.39 Å². The van der Waals surface area contributed by atoms with Crippen LogP contribution in [-0.4, -0.2) is 17.6 Å². The monoisotopic (exact) mass is 211 g/mol. The molecule has 0 saturated carbocycles. The first kappa shape index (κ1) is 10.7. The summed E-state index contributed by atoms with van der Waals surface area (Å²) in [6.07, 6.45) is 3.12. The highest BCUT2D eigenvalue weighted by Gasteiger charge is 1.94. The number of rotatable bonds is 2.